The number of aliphatic hydroxyl groups is 2. The Labute approximate surface area is 197 Å². The van der Waals surface area contributed by atoms with Gasteiger partial charge in [-0.25, -0.2) is 0 Å². The van der Waals surface area contributed by atoms with Crippen molar-refractivity contribution in [2.45, 2.75) is 45.4 Å². The van der Waals surface area contributed by atoms with E-state index in [1.54, 1.807) is 36.5 Å². The second kappa shape index (κ2) is 11.3. The van der Waals surface area contributed by atoms with Gasteiger partial charge < -0.3 is 25.2 Å². The molecule has 33 heavy (non-hydrogen) atoms. The molecule has 0 unspecified atom stereocenters. The molecule has 2 heterocycles. The maximum Gasteiger partial charge on any atom is 0.251 e. The number of hydrogen-bond donors (Lipinski definition) is 3. The van der Waals surface area contributed by atoms with Crippen LogP contribution in [0.3, 0.4) is 0 Å². The van der Waals surface area contributed by atoms with E-state index in [-0.39, 0.29) is 37.4 Å². The molecule has 2 aromatic rings. The SMILES string of the molecule is CC[C@H](C)C[C@H](C(=O)Nc1ccn(C[C@@H](O)CO)n1)N1CC(Oc2ccccc2Cl)=CC1=O. The molecule has 0 fully saturated rings. The molecule has 10 heteroatoms. The summed E-state index contributed by atoms with van der Waals surface area (Å²) in [5.41, 5.74) is 0. The number of anilines is 1. The maximum absolute atomic E-state index is 13.2. The average Bonchev–Trinajstić information content (AvgIpc) is 3.38. The van der Waals surface area contributed by atoms with Crippen molar-refractivity contribution in [1.82, 2.24) is 14.7 Å². The molecule has 0 saturated heterocycles. The number of aromatic nitrogens is 2. The highest BCUT2D eigenvalue weighted by molar-refractivity contribution is 6.32. The maximum atomic E-state index is 13.2. The normalized spacial score (nSPS) is 16.3. The van der Waals surface area contributed by atoms with Gasteiger partial charge in [-0.3, -0.25) is 14.3 Å². The van der Waals surface area contributed by atoms with Crippen molar-refractivity contribution in [1.29, 1.82) is 0 Å². The van der Waals surface area contributed by atoms with Crippen molar-refractivity contribution in [3.63, 3.8) is 0 Å². The Morgan fingerprint density at radius 2 is 2.09 bits per heavy atom. The smallest absolute Gasteiger partial charge is 0.251 e. The molecule has 0 saturated carbocycles. The highest BCUT2D eigenvalue weighted by atomic mass is 35.5. The first-order valence-corrected chi connectivity index (χ1v) is 11.2. The zero-order valence-corrected chi connectivity index (χ0v) is 19.4. The fraction of sp³-hybridized carbons (Fsp3) is 0.435. The summed E-state index contributed by atoms with van der Waals surface area (Å²) in [4.78, 5) is 27.4. The van der Waals surface area contributed by atoms with E-state index in [0.29, 0.717) is 28.8 Å². The van der Waals surface area contributed by atoms with Crippen molar-refractivity contribution >= 4 is 29.2 Å². The summed E-state index contributed by atoms with van der Waals surface area (Å²) in [5.74, 6) is 0.697. The van der Waals surface area contributed by atoms with Crippen LogP contribution in [0.5, 0.6) is 5.75 Å². The standard InChI is InChI=1S/C23H29ClN4O5/c1-3-15(2)10-19(23(32)25-21-8-9-27(26-21)12-16(30)14-29)28-13-17(11-22(28)31)33-20-7-5-4-6-18(20)24/h4-9,11,15-16,19,29-30H,3,10,12-14H2,1-2H3,(H,25,26,32)/t15-,16+,19+/m0/s1. The highest BCUT2D eigenvalue weighted by Gasteiger charge is 2.35. The van der Waals surface area contributed by atoms with Crippen LogP contribution in [0.15, 0.2) is 48.4 Å². The minimum atomic E-state index is -0.948. The van der Waals surface area contributed by atoms with Gasteiger partial charge in [0.25, 0.3) is 5.91 Å². The number of nitrogens with one attached hydrogen (secondary N) is 1. The van der Waals surface area contributed by atoms with E-state index in [0.717, 1.165) is 6.42 Å². The molecular weight excluding hydrogens is 448 g/mol. The van der Waals surface area contributed by atoms with Gasteiger partial charge >= 0.3 is 0 Å². The van der Waals surface area contributed by atoms with Crippen molar-refractivity contribution in [2.24, 2.45) is 5.92 Å². The van der Waals surface area contributed by atoms with E-state index in [9.17, 15) is 14.7 Å². The molecule has 1 aromatic heterocycles. The van der Waals surface area contributed by atoms with Gasteiger partial charge in [-0.1, -0.05) is 44.0 Å². The number of carbonyl (C=O) groups excluding carboxylic acids is 2. The molecule has 3 rings (SSSR count). The molecule has 3 N–H and O–H groups in total. The van der Waals surface area contributed by atoms with Gasteiger partial charge in [0.05, 0.1) is 30.8 Å². The lowest BCUT2D eigenvalue weighted by Gasteiger charge is -2.28. The first-order chi connectivity index (χ1) is 15.8. The van der Waals surface area contributed by atoms with E-state index >= 15 is 0 Å². The summed E-state index contributed by atoms with van der Waals surface area (Å²) >= 11 is 6.16. The molecule has 9 nitrogen and oxygen atoms in total. The summed E-state index contributed by atoms with van der Waals surface area (Å²) in [6.07, 6.45) is 3.36. The molecule has 178 valence electrons. The zero-order chi connectivity index (χ0) is 24.0. The molecule has 0 bridgehead atoms. The third-order valence-corrected chi connectivity index (χ3v) is 5.79. The predicted molar refractivity (Wildman–Crippen MR) is 124 cm³/mol. The zero-order valence-electron chi connectivity index (χ0n) is 18.6. The first-order valence-electron chi connectivity index (χ1n) is 10.9. The van der Waals surface area contributed by atoms with Gasteiger partial charge in [0.1, 0.15) is 17.6 Å². The molecule has 3 atom stereocenters. The van der Waals surface area contributed by atoms with E-state index in [2.05, 4.69) is 10.4 Å². The number of aliphatic hydroxyl groups excluding tert-OH is 2. The van der Waals surface area contributed by atoms with Crippen LogP contribution in [-0.4, -0.2) is 62.0 Å². The Morgan fingerprint density at radius 1 is 1.33 bits per heavy atom. The minimum absolute atomic E-state index is 0.0972. The van der Waals surface area contributed by atoms with Crippen molar-refractivity contribution in [2.75, 3.05) is 18.5 Å². The molecule has 0 radical (unpaired) electrons. The van der Waals surface area contributed by atoms with Gasteiger partial charge in [0, 0.05) is 18.3 Å². The van der Waals surface area contributed by atoms with Crippen molar-refractivity contribution in [3.8, 4) is 5.75 Å². The lowest BCUT2D eigenvalue weighted by atomic mass is 9.97. The summed E-state index contributed by atoms with van der Waals surface area (Å²) < 4.78 is 7.24. The molecule has 0 aliphatic carbocycles. The van der Waals surface area contributed by atoms with Crippen molar-refractivity contribution in [3.05, 3.63) is 53.4 Å². The largest absolute Gasteiger partial charge is 0.458 e. The Bertz CT molecular complexity index is 1010. The van der Waals surface area contributed by atoms with E-state index in [4.69, 9.17) is 21.4 Å². The van der Waals surface area contributed by atoms with Crippen LogP contribution in [0, 0.1) is 5.92 Å². The second-order valence-corrected chi connectivity index (χ2v) is 8.53. The lowest BCUT2D eigenvalue weighted by molar-refractivity contribution is -0.134. The molecular formula is C23H29ClN4O5. The van der Waals surface area contributed by atoms with E-state index < -0.39 is 12.1 Å². The van der Waals surface area contributed by atoms with E-state index in [1.807, 2.05) is 13.8 Å². The Kier molecular flexibility index (Phi) is 8.49. The number of benzene rings is 1. The number of ether oxygens (including phenoxy) is 1. The molecule has 1 aliphatic heterocycles. The number of amides is 2. The summed E-state index contributed by atoms with van der Waals surface area (Å²) in [7, 11) is 0. The fourth-order valence-electron chi connectivity index (χ4n) is 3.44. The van der Waals surface area contributed by atoms with Crippen LogP contribution < -0.4 is 10.1 Å². The summed E-state index contributed by atoms with van der Waals surface area (Å²) in [5, 5.41) is 25.9. The van der Waals surface area contributed by atoms with Gasteiger partial charge in [-0.2, -0.15) is 5.10 Å². The van der Waals surface area contributed by atoms with Crippen LogP contribution >= 0.6 is 11.6 Å². The number of hydrogen-bond acceptors (Lipinski definition) is 6. The highest BCUT2D eigenvalue weighted by Crippen LogP contribution is 2.28. The minimum Gasteiger partial charge on any atom is -0.458 e. The van der Waals surface area contributed by atoms with Gasteiger partial charge in [-0.15, -0.1) is 0 Å². The number of para-hydroxylation sites is 1. The van der Waals surface area contributed by atoms with Crippen LogP contribution in [0.4, 0.5) is 5.82 Å². The van der Waals surface area contributed by atoms with Crippen LogP contribution in [-0.2, 0) is 16.1 Å². The van der Waals surface area contributed by atoms with Gasteiger partial charge in [0.2, 0.25) is 5.91 Å². The number of halogens is 1. The van der Waals surface area contributed by atoms with Gasteiger partial charge in [-0.05, 0) is 24.5 Å². The summed E-state index contributed by atoms with van der Waals surface area (Å²) in [6, 6.07) is 7.86. The van der Waals surface area contributed by atoms with Crippen LogP contribution in [0.1, 0.15) is 26.7 Å². The number of carbonyl (C=O) groups is 2. The molecule has 0 spiro atoms. The average molecular weight is 477 g/mol. The predicted octanol–water partition coefficient (Wildman–Crippen LogP) is 2.44. The Hall–Kier alpha value is -2.88. The molecule has 1 aromatic carbocycles. The third kappa shape index (κ3) is 6.56. The Balaban J connectivity index is 1.71. The quantitative estimate of drug-likeness (QED) is 0.458. The fourth-order valence-corrected chi connectivity index (χ4v) is 3.62. The van der Waals surface area contributed by atoms with Crippen LogP contribution in [0.25, 0.3) is 0 Å². The van der Waals surface area contributed by atoms with Crippen molar-refractivity contribution < 1.29 is 24.5 Å². The number of rotatable bonds is 11. The first kappa shape index (κ1) is 24.8. The number of nitrogens with zero attached hydrogens (tertiary/aromatic N) is 3. The lowest BCUT2D eigenvalue weighted by Crippen LogP contribution is -2.46. The van der Waals surface area contributed by atoms with Crippen LogP contribution in [0.2, 0.25) is 5.02 Å². The molecule has 2 amide bonds. The van der Waals surface area contributed by atoms with Gasteiger partial charge in [0.15, 0.2) is 5.82 Å². The molecule has 1 aliphatic rings. The summed E-state index contributed by atoms with van der Waals surface area (Å²) in [6.45, 7) is 3.92. The Morgan fingerprint density at radius 3 is 2.79 bits per heavy atom. The third-order valence-electron chi connectivity index (χ3n) is 5.47. The monoisotopic (exact) mass is 476 g/mol. The topological polar surface area (TPSA) is 117 Å². The second-order valence-electron chi connectivity index (χ2n) is 8.12. The van der Waals surface area contributed by atoms with E-state index in [1.165, 1.54) is 15.7 Å².